The van der Waals surface area contributed by atoms with Crippen LogP contribution in [0, 0.1) is 6.92 Å². The van der Waals surface area contributed by atoms with Crippen LogP contribution in [0.4, 0.5) is 0 Å². The molecule has 0 fully saturated rings. The predicted molar refractivity (Wildman–Crippen MR) is 105 cm³/mol. The first-order valence-corrected chi connectivity index (χ1v) is 10.2. The van der Waals surface area contributed by atoms with Gasteiger partial charge in [0.1, 0.15) is 24.7 Å². The Kier molecular flexibility index (Phi) is 7.83. The summed E-state index contributed by atoms with van der Waals surface area (Å²) in [5.41, 5.74) is 1.01. The third kappa shape index (κ3) is 6.24. The summed E-state index contributed by atoms with van der Waals surface area (Å²) < 4.78 is 41.2. The molecule has 0 aliphatic carbocycles. The van der Waals surface area contributed by atoms with E-state index in [2.05, 4.69) is 0 Å². The van der Waals surface area contributed by atoms with Crippen molar-refractivity contribution >= 4 is 16.0 Å². The van der Waals surface area contributed by atoms with E-state index < -0.39 is 10.0 Å². The first-order chi connectivity index (χ1) is 13.3. The fourth-order valence-electron chi connectivity index (χ4n) is 2.27. The number of carbonyl (C=O) groups excluding carboxylic acids is 1. The van der Waals surface area contributed by atoms with Gasteiger partial charge in [-0.15, -0.1) is 0 Å². The van der Waals surface area contributed by atoms with E-state index in [-0.39, 0.29) is 37.1 Å². The van der Waals surface area contributed by atoms with Gasteiger partial charge >= 0.3 is 5.97 Å². The maximum absolute atomic E-state index is 12.0. The molecule has 0 atom stereocenters. The van der Waals surface area contributed by atoms with Gasteiger partial charge in [-0.1, -0.05) is 18.2 Å². The van der Waals surface area contributed by atoms with Gasteiger partial charge in [0.05, 0.1) is 17.9 Å². The van der Waals surface area contributed by atoms with Gasteiger partial charge in [0.15, 0.2) is 0 Å². The van der Waals surface area contributed by atoms with Crippen molar-refractivity contribution in [3.63, 3.8) is 0 Å². The molecule has 8 heteroatoms. The molecule has 0 amide bonds. The fourth-order valence-corrected chi connectivity index (χ4v) is 3.17. The van der Waals surface area contributed by atoms with Crippen LogP contribution in [0.15, 0.2) is 53.4 Å². The van der Waals surface area contributed by atoms with Gasteiger partial charge in [-0.25, -0.2) is 12.7 Å². The molecule has 0 heterocycles. The number of esters is 1. The number of aryl methyl sites for hydroxylation is 1. The van der Waals surface area contributed by atoms with Crippen molar-refractivity contribution in [3.05, 3.63) is 54.1 Å². The van der Waals surface area contributed by atoms with Crippen molar-refractivity contribution < 1.29 is 27.4 Å². The summed E-state index contributed by atoms with van der Waals surface area (Å²) >= 11 is 0. The summed E-state index contributed by atoms with van der Waals surface area (Å²) in [6, 6.07) is 13.7. The molecular weight excluding hydrogens is 382 g/mol. The normalized spacial score (nSPS) is 11.3. The largest absolute Gasteiger partial charge is 0.493 e. The monoisotopic (exact) mass is 407 g/mol. The first-order valence-electron chi connectivity index (χ1n) is 8.80. The molecule has 0 spiro atoms. The number of para-hydroxylation sites is 1. The standard InChI is InChI=1S/C20H25NO6S/c1-16-6-4-5-7-19(16)26-13-12-20(22)27-15-14-25-17-8-10-18(11-9-17)28(23,24)21(2)3/h4-11H,12-15H2,1-3H3. The summed E-state index contributed by atoms with van der Waals surface area (Å²) in [5, 5.41) is 0. The van der Waals surface area contributed by atoms with Crippen LogP contribution in [-0.2, 0) is 19.6 Å². The van der Waals surface area contributed by atoms with Gasteiger partial charge in [0.2, 0.25) is 10.0 Å². The predicted octanol–water partition coefficient (Wildman–Crippen LogP) is 2.64. The van der Waals surface area contributed by atoms with Crippen LogP contribution in [-0.4, -0.2) is 52.6 Å². The Bertz CT molecular complexity index is 878. The molecule has 0 aliphatic rings. The van der Waals surface area contributed by atoms with Crippen LogP contribution in [0.1, 0.15) is 12.0 Å². The van der Waals surface area contributed by atoms with Gasteiger partial charge in [-0.3, -0.25) is 4.79 Å². The van der Waals surface area contributed by atoms with Gasteiger partial charge < -0.3 is 14.2 Å². The van der Waals surface area contributed by atoms with Crippen molar-refractivity contribution in [2.45, 2.75) is 18.2 Å². The van der Waals surface area contributed by atoms with Gasteiger partial charge in [-0.05, 0) is 42.8 Å². The van der Waals surface area contributed by atoms with Crippen molar-refractivity contribution in [2.24, 2.45) is 0 Å². The highest BCUT2D eigenvalue weighted by Gasteiger charge is 2.16. The quantitative estimate of drug-likeness (QED) is 0.445. The molecule has 2 aromatic rings. The SMILES string of the molecule is Cc1ccccc1OCCC(=O)OCCOc1ccc(S(=O)(=O)N(C)C)cc1. The van der Waals surface area contributed by atoms with Gasteiger partial charge in [-0.2, -0.15) is 0 Å². The molecule has 0 bridgehead atoms. The van der Waals surface area contributed by atoms with Gasteiger partial charge in [0, 0.05) is 14.1 Å². The molecule has 28 heavy (non-hydrogen) atoms. The Morgan fingerprint density at radius 2 is 1.61 bits per heavy atom. The maximum atomic E-state index is 12.0. The summed E-state index contributed by atoms with van der Waals surface area (Å²) in [4.78, 5) is 11.9. The van der Waals surface area contributed by atoms with Crippen LogP contribution < -0.4 is 9.47 Å². The number of hydrogen-bond donors (Lipinski definition) is 0. The van der Waals surface area contributed by atoms with E-state index in [1.54, 1.807) is 12.1 Å². The molecule has 0 saturated carbocycles. The van der Waals surface area contributed by atoms with Crippen LogP contribution in [0.3, 0.4) is 0 Å². The van der Waals surface area contributed by atoms with E-state index in [9.17, 15) is 13.2 Å². The number of ether oxygens (including phenoxy) is 3. The molecule has 2 rings (SSSR count). The summed E-state index contributed by atoms with van der Waals surface area (Å²) in [7, 11) is -0.521. The summed E-state index contributed by atoms with van der Waals surface area (Å²) in [6.07, 6.45) is 0.144. The average molecular weight is 407 g/mol. The minimum absolute atomic E-state index is 0.0982. The van der Waals surface area contributed by atoms with Crippen molar-refractivity contribution in [1.82, 2.24) is 4.31 Å². The Labute approximate surface area is 165 Å². The van der Waals surface area contributed by atoms with Crippen molar-refractivity contribution in [1.29, 1.82) is 0 Å². The van der Waals surface area contributed by atoms with E-state index in [1.807, 2.05) is 31.2 Å². The van der Waals surface area contributed by atoms with E-state index in [4.69, 9.17) is 14.2 Å². The van der Waals surface area contributed by atoms with Crippen LogP contribution >= 0.6 is 0 Å². The Hall–Kier alpha value is -2.58. The lowest BCUT2D eigenvalue weighted by Gasteiger charge is -2.12. The smallest absolute Gasteiger partial charge is 0.309 e. The summed E-state index contributed by atoms with van der Waals surface area (Å²) in [6.45, 7) is 2.45. The third-order valence-electron chi connectivity index (χ3n) is 3.87. The van der Waals surface area contributed by atoms with E-state index in [0.717, 1.165) is 15.6 Å². The Morgan fingerprint density at radius 3 is 2.25 bits per heavy atom. The Balaban J connectivity index is 1.67. The van der Waals surface area contributed by atoms with Crippen LogP contribution in [0.2, 0.25) is 0 Å². The maximum Gasteiger partial charge on any atom is 0.309 e. The zero-order valence-corrected chi connectivity index (χ0v) is 17.1. The molecule has 0 unspecified atom stereocenters. The minimum Gasteiger partial charge on any atom is -0.493 e. The number of sulfonamides is 1. The number of hydrogen-bond acceptors (Lipinski definition) is 6. The highest BCUT2D eigenvalue weighted by Crippen LogP contribution is 2.18. The highest BCUT2D eigenvalue weighted by molar-refractivity contribution is 7.89. The molecule has 2 aromatic carbocycles. The molecule has 0 radical (unpaired) electrons. The zero-order valence-electron chi connectivity index (χ0n) is 16.3. The van der Waals surface area contributed by atoms with Crippen LogP contribution in [0.25, 0.3) is 0 Å². The molecule has 0 N–H and O–H groups in total. The molecule has 152 valence electrons. The molecular formula is C20H25NO6S. The van der Waals surface area contributed by atoms with Crippen LogP contribution in [0.5, 0.6) is 11.5 Å². The van der Waals surface area contributed by atoms with E-state index >= 15 is 0 Å². The summed E-state index contributed by atoms with van der Waals surface area (Å²) in [5.74, 6) is 0.875. The highest BCUT2D eigenvalue weighted by atomic mass is 32.2. The molecule has 7 nitrogen and oxygen atoms in total. The molecule has 0 saturated heterocycles. The second-order valence-corrected chi connectivity index (χ2v) is 8.34. The third-order valence-corrected chi connectivity index (χ3v) is 5.70. The number of carbonyl (C=O) groups is 1. The number of nitrogens with zero attached hydrogens (tertiary/aromatic N) is 1. The lowest BCUT2D eigenvalue weighted by molar-refractivity contribution is -0.144. The second-order valence-electron chi connectivity index (χ2n) is 6.19. The lowest BCUT2D eigenvalue weighted by atomic mass is 10.2. The first kappa shape index (κ1) is 21.7. The minimum atomic E-state index is -3.47. The Morgan fingerprint density at radius 1 is 0.929 bits per heavy atom. The molecule has 0 aliphatic heterocycles. The van der Waals surface area contributed by atoms with E-state index in [0.29, 0.717) is 5.75 Å². The van der Waals surface area contributed by atoms with Gasteiger partial charge in [0.25, 0.3) is 0 Å². The molecule has 0 aromatic heterocycles. The fraction of sp³-hybridized carbons (Fsp3) is 0.350. The number of benzene rings is 2. The van der Waals surface area contributed by atoms with Crippen molar-refractivity contribution in [3.8, 4) is 11.5 Å². The van der Waals surface area contributed by atoms with E-state index in [1.165, 1.54) is 26.2 Å². The number of rotatable bonds is 10. The average Bonchev–Trinajstić information content (AvgIpc) is 2.67. The topological polar surface area (TPSA) is 82.1 Å². The zero-order chi connectivity index (χ0) is 20.6. The van der Waals surface area contributed by atoms with Crippen molar-refractivity contribution in [2.75, 3.05) is 33.9 Å². The lowest BCUT2D eigenvalue weighted by Crippen LogP contribution is -2.22. The second kappa shape index (κ2) is 10.1.